The fraction of sp³-hybridized carbons (Fsp3) is 0.167. The van der Waals surface area contributed by atoms with E-state index in [0.29, 0.717) is 33.0 Å². The van der Waals surface area contributed by atoms with E-state index in [9.17, 15) is 9.59 Å². The average molecular weight is 511 g/mol. The Labute approximate surface area is 218 Å². The zero-order valence-corrected chi connectivity index (χ0v) is 21.4. The molecule has 1 atom stereocenters. The molecule has 2 heterocycles. The number of esters is 1. The van der Waals surface area contributed by atoms with Crippen molar-refractivity contribution in [1.82, 2.24) is 4.57 Å². The lowest BCUT2D eigenvalue weighted by Gasteiger charge is -2.24. The Morgan fingerprint density at radius 1 is 1.03 bits per heavy atom. The normalized spacial score (nSPS) is 15.2. The van der Waals surface area contributed by atoms with Gasteiger partial charge >= 0.3 is 5.97 Å². The van der Waals surface area contributed by atoms with Crippen molar-refractivity contribution in [1.29, 1.82) is 0 Å². The van der Waals surface area contributed by atoms with Gasteiger partial charge in [0.25, 0.3) is 5.56 Å². The maximum atomic E-state index is 13.7. The second-order valence-electron chi connectivity index (χ2n) is 8.56. The molecule has 1 aliphatic rings. The van der Waals surface area contributed by atoms with E-state index in [0.717, 1.165) is 16.7 Å². The van der Waals surface area contributed by atoms with Crippen molar-refractivity contribution in [2.24, 2.45) is 4.99 Å². The van der Waals surface area contributed by atoms with Gasteiger partial charge in [-0.15, -0.1) is 0 Å². The Morgan fingerprint density at radius 2 is 1.76 bits per heavy atom. The maximum absolute atomic E-state index is 13.7. The van der Waals surface area contributed by atoms with Crippen LogP contribution < -0.4 is 19.6 Å². The van der Waals surface area contributed by atoms with Crippen LogP contribution in [0, 0.1) is 0 Å². The Balaban J connectivity index is 1.55. The number of thiazole rings is 1. The molecule has 1 aliphatic heterocycles. The van der Waals surface area contributed by atoms with Crippen molar-refractivity contribution < 1.29 is 14.3 Å². The van der Waals surface area contributed by atoms with Gasteiger partial charge in [0.2, 0.25) is 0 Å². The molecule has 4 aromatic rings. The van der Waals surface area contributed by atoms with Crippen LogP contribution >= 0.6 is 11.3 Å². The van der Waals surface area contributed by atoms with Crippen LogP contribution in [0.2, 0.25) is 0 Å². The van der Waals surface area contributed by atoms with Crippen LogP contribution in [0.5, 0.6) is 5.75 Å². The summed E-state index contributed by atoms with van der Waals surface area (Å²) in [6, 6.07) is 26.5. The molecule has 0 fully saturated rings. The first-order valence-corrected chi connectivity index (χ1v) is 12.9. The first-order valence-electron chi connectivity index (χ1n) is 12.1. The molecule has 6 nitrogen and oxygen atoms in total. The molecule has 0 aliphatic carbocycles. The minimum absolute atomic E-state index is 0.206. The summed E-state index contributed by atoms with van der Waals surface area (Å²) in [5.41, 5.74) is 3.47. The maximum Gasteiger partial charge on any atom is 0.338 e. The van der Waals surface area contributed by atoms with E-state index in [2.05, 4.69) is 4.99 Å². The van der Waals surface area contributed by atoms with E-state index in [1.807, 2.05) is 91.0 Å². The first-order chi connectivity index (χ1) is 18.0. The SMILES string of the molecule is CCOC(=O)C1=C(C)N=c2s/c(=C\c3cccc(OCc4ccccc4)c3)c(=O)n2[C@H]1c1ccccc1. The highest BCUT2D eigenvalue weighted by Gasteiger charge is 2.33. The third kappa shape index (κ3) is 5.17. The number of hydrogen-bond donors (Lipinski definition) is 0. The number of rotatable bonds is 7. The number of hydrogen-bond acceptors (Lipinski definition) is 6. The topological polar surface area (TPSA) is 69.9 Å². The second kappa shape index (κ2) is 10.8. The zero-order valence-electron chi connectivity index (χ0n) is 20.6. The number of aromatic nitrogens is 1. The summed E-state index contributed by atoms with van der Waals surface area (Å²) in [6.45, 7) is 4.24. The summed E-state index contributed by atoms with van der Waals surface area (Å²) in [4.78, 5) is 31.8. The van der Waals surface area contributed by atoms with Crippen LogP contribution in [0.25, 0.3) is 6.08 Å². The van der Waals surface area contributed by atoms with Gasteiger partial charge in [-0.2, -0.15) is 0 Å². The van der Waals surface area contributed by atoms with Crippen molar-refractivity contribution >= 4 is 23.4 Å². The summed E-state index contributed by atoms with van der Waals surface area (Å²) in [6.07, 6.45) is 1.84. The van der Waals surface area contributed by atoms with Crippen molar-refractivity contribution in [2.45, 2.75) is 26.5 Å². The predicted molar refractivity (Wildman–Crippen MR) is 144 cm³/mol. The summed E-state index contributed by atoms with van der Waals surface area (Å²) in [7, 11) is 0. The minimum Gasteiger partial charge on any atom is -0.489 e. The molecular weight excluding hydrogens is 484 g/mol. The molecule has 37 heavy (non-hydrogen) atoms. The number of benzene rings is 3. The quantitative estimate of drug-likeness (QED) is 0.346. The third-order valence-electron chi connectivity index (χ3n) is 6.04. The largest absolute Gasteiger partial charge is 0.489 e. The number of fused-ring (bicyclic) bond motifs is 1. The smallest absolute Gasteiger partial charge is 0.338 e. The van der Waals surface area contributed by atoms with Crippen molar-refractivity contribution in [3.8, 4) is 5.75 Å². The van der Waals surface area contributed by atoms with Gasteiger partial charge in [0.15, 0.2) is 4.80 Å². The summed E-state index contributed by atoms with van der Waals surface area (Å²) >= 11 is 1.30. The molecule has 186 valence electrons. The average Bonchev–Trinajstić information content (AvgIpc) is 3.22. The first kappa shape index (κ1) is 24.5. The lowest BCUT2D eigenvalue weighted by atomic mass is 9.96. The third-order valence-corrected chi connectivity index (χ3v) is 7.02. The minimum atomic E-state index is -0.612. The molecule has 0 saturated carbocycles. The Hall–Kier alpha value is -4.23. The summed E-state index contributed by atoms with van der Waals surface area (Å²) < 4.78 is 13.4. The summed E-state index contributed by atoms with van der Waals surface area (Å²) in [5.74, 6) is 0.253. The number of allylic oxidation sites excluding steroid dienone is 1. The predicted octanol–water partition coefficient (Wildman–Crippen LogP) is 4.38. The molecular formula is C30H26N2O4S. The molecule has 0 radical (unpaired) electrons. The van der Waals surface area contributed by atoms with Crippen molar-refractivity contribution in [3.63, 3.8) is 0 Å². The van der Waals surface area contributed by atoms with Crippen LogP contribution in [-0.2, 0) is 16.1 Å². The molecule has 0 saturated heterocycles. The van der Waals surface area contributed by atoms with Crippen LogP contribution in [-0.4, -0.2) is 17.1 Å². The zero-order chi connectivity index (χ0) is 25.8. The van der Waals surface area contributed by atoms with Gasteiger partial charge in [-0.1, -0.05) is 84.1 Å². The highest BCUT2D eigenvalue weighted by atomic mass is 32.1. The van der Waals surface area contributed by atoms with E-state index in [4.69, 9.17) is 9.47 Å². The van der Waals surface area contributed by atoms with Gasteiger partial charge in [-0.05, 0) is 48.7 Å². The molecule has 0 N–H and O–H groups in total. The summed E-state index contributed by atoms with van der Waals surface area (Å²) in [5, 5.41) is 0. The second-order valence-corrected chi connectivity index (χ2v) is 9.57. The number of ether oxygens (including phenoxy) is 2. The highest BCUT2D eigenvalue weighted by molar-refractivity contribution is 7.07. The lowest BCUT2D eigenvalue weighted by molar-refractivity contribution is -0.139. The molecule has 0 unspecified atom stereocenters. The molecule has 3 aromatic carbocycles. The number of nitrogens with zero attached hydrogens (tertiary/aromatic N) is 2. The van der Waals surface area contributed by atoms with Crippen LogP contribution in [0.1, 0.15) is 36.6 Å². The van der Waals surface area contributed by atoms with Crippen LogP contribution in [0.3, 0.4) is 0 Å². The monoisotopic (exact) mass is 510 g/mol. The molecule has 1 aromatic heterocycles. The highest BCUT2D eigenvalue weighted by Crippen LogP contribution is 2.30. The van der Waals surface area contributed by atoms with E-state index in [1.54, 1.807) is 18.4 Å². The van der Waals surface area contributed by atoms with Crippen LogP contribution in [0.4, 0.5) is 0 Å². The molecule has 5 rings (SSSR count). The Kier molecular flexibility index (Phi) is 7.14. The standard InChI is InChI=1S/C30H26N2O4S/c1-3-35-29(34)26-20(2)31-30-32(27(26)23-14-8-5-9-15-23)28(33)25(37-30)18-22-13-10-16-24(17-22)36-19-21-11-6-4-7-12-21/h4-18,27H,3,19H2,1-2H3/b25-18-/t27-/m0/s1. The molecule has 7 heteroatoms. The van der Waals surface area contributed by atoms with Gasteiger partial charge in [0, 0.05) is 0 Å². The molecule has 0 bridgehead atoms. The number of carbonyl (C=O) groups is 1. The van der Waals surface area contributed by atoms with Gasteiger partial charge in [-0.3, -0.25) is 9.36 Å². The van der Waals surface area contributed by atoms with Gasteiger partial charge < -0.3 is 9.47 Å². The van der Waals surface area contributed by atoms with Gasteiger partial charge in [0.05, 0.1) is 28.5 Å². The Bertz CT molecular complexity index is 1640. The van der Waals surface area contributed by atoms with Crippen LogP contribution in [0.15, 0.2) is 106 Å². The van der Waals surface area contributed by atoms with Gasteiger partial charge in [-0.25, -0.2) is 9.79 Å². The van der Waals surface area contributed by atoms with Crippen molar-refractivity contribution in [2.75, 3.05) is 6.61 Å². The lowest BCUT2D eigenvalue weighted by Crippen LogP contribution is -2.39. The Morgan fingerprint density at radius 3 is 2.49 bits per heavy atom. The van der Waals surface area contributed by atoms with E-state index in [1.165, 1.54) is 11.3 Å². The van der Waals surface area contributed by atoms with Crippen molar-refractivity contribution in [3.05, 3.63) is 133 Å². The fourth-order valence-electron chi connectivity index (χ4n) is 4.33. The number of carbonyl (C=O) groups excluding carboxylic acids is 1. The fourth-order valence-corrected chi connectivity index (χ4v) is 5.38. The van der Waals surface area contributed by atoms with Gasteiger partial charge in [0.1, 0.15) is 12.4 Å². The molecule has 0 amide bonds. The van der Waals surface area contributed by atoms with E-state index >= 15 is 0 Å². The van der Waals surface area contributed by atoms with E-state index < -0.39 is 12.0 Å². The molecule has 0 spiro atoms. The van der Waals surface area contributed by atoms with E-state index in [-0.39, 0.29) is 12.2 Å².